The Hall–Kier alpha value is -0.810. The van der Waals surface area contributed by atoms with Crippen LogP contribution in [0.3, 0.4) is 0 Å². The fourth-order valence-corrected chi connectivity index (χ4v) is 1.83. The van der Waals surface area contributed by atoms with Crippen molar-refractivity contribution in [3.63, 3.8) is 0 Å². The molecular formula is C11H17NO. The minimum Gasteiger partial charge on any atom is -0.389 e. The normalized spacial score (nSPS) is 27.2. The van der Waals surface area contributed by atoms with Crippen molar-refractivity contribution >= 4 is 0 Å². The number of rotatable bonds is 2. The second-order valence-electron chi connectivity index (χ2n) is 4.21. The fraction of sp³-hybridized carbons (Fsp3) is 0.727. The first-order valence-electron chi connectivity index (χ1n) is 4.81. The van der Waals surface area contributed by atoms with Gasteiger partial charge in [-0.2, -0.15) is 5.26 Å². The molecule has 0 aliphatic heterocycles. The second-order valence-corrected chi connectivity index (χ2v) is 4.21. The van der Waals surface area contributed by atoms with Crippen LogP contribution in [-0.4, -0.2) is 10.7 Å². The van der Waals surface area contributed by atoms with Gasteiger partial charge in [-0.3, -0.25) is 0 Å². The molecule has 1 N–H and O–H groups in total. The summed E-state index contributed by atoms with van der Waals surface area (Å²) in [5.41, 5.74) is 0.607. The number of allylic oxidation sites excluding steroid dienone is 2. The Kier molecular flexibility index (Phi) is 3.11. The Morgan fingerprint density at radius 3 is 2.92 bits per heavy atom. The van der Waals surface area contributed by atoms with Crippen molar-refractivity contribution in [1.29, 1.82) is 5.26 Å². The first-order chi connectivity index (χ1) is 6.06. The van der Waals surface area contributed by atoms with E-state index < -0.39 is 5.60 Å². The quantitative estimate of drug-likeness (QED) is 0.661. The molecule has 0 fully saturated rings. The van der Waals surface area contributed by atoms with E-state index in [0.717, 1.165) is 19.3 Å². The largest absolute Gasteiger partial charge is 0.389 e. The van der Waals surface area contributed by atoms with E-state index in [-0.39, 0.29) is 12.3 Å². The van der Waals surface area contributed by atoms with Crippen molar-refractivity contribution in [3.05, 3.63) is 11.6 Å². The average molecular weight is 179 g/mol. The lowest BCUT2D eigenvalue weighted by Crippen LogP contribution is -2.34. The van der Waals surface area contributed by atoms with Gasteiger partial charge in [-0.1, -0.05) is 11.6 Å². The SMILES string of the molecule is CC1=CC[C@@H]([C@](C)(O)CC#N)CC1. The van der Waals surface area contributed by atoms with Crippen LogP contribution >= 0.6 is 0 Å². The Bertz CT molecular complexity index is 247. The lowest BCUT2D eigenvalue weighted by Gasteiger charge is -2.32. The molecule has 0 unspecified atom stereocenters. The van der Waals surface area contributed by atoms with Crippen LogP contribution in [0.4, 0.5) is 0 Å². The van der Waals surface area contributed by atoms with Crippen LogP contribution in [0.2, 0.25) is 0 Å². The van der Waals surface area contributed by atoms with E-state index in [1.807, 2.05) is 6.07 Å². The minimum absolute atomic E-state index is 0.241. The van der Waals surface area contributed by atoms with Crippen LogP contribution in [-0.2, 0) is 0 Å². The third-order valence-electron chi connectivity index (χ3n) is 2.95. The molecule has 0 aromatic heterocycles. The third kappa shape index (κ3) is 2.57. The van der Waals surface area contributed by atoms with Gasteiger partial charge in [0, 0.05) is 0 Å². The zero-order valence-electron chi connectivity index (χ0n) is 8.38. The van der Waals surface area contributed by atoms with Gasteiger partial charge >= 0.3 is 0 Å². The highest BCUT2D eigenvalue weighted by Crippen LogP contribution is 2.33. The van der Waals surface area contributed by atoms with E-state index >= 15 is 0 Å². The number of nitriles is 1. The molecule has 1 aliphatic rings. The molecule has 0 saturated heterocycles. The van der Waals surface area contributed by atoms with Crippen molar-refractivity contribution < 1.29 is 5.11 Å². The van der Waals surface area contributed by atoms with Crippen LogP contribution in [0.5, 0.6) is 0 Å². The number of aliphatic hydroxyl groups is 1. The first kappa shape index (κ1) is 10.3. The van der Waals surface area contributed by atoms with E-state index in [9.17, 15) is 5.11 Å². The summed E-state index contributed by atoms with van der Waals surface area (Å²) in [6.45, 7) is 3.89. The van der Waals surface area contributed by atoms with Crippen molar-refractivity contribution in [2.75, 3.05) is 0 Å². The summed E-state index contributed by atoms with van der Waals surface area (Å²) in [5, 5.41) is 18.5. The molecule has 0 bridgehead atoms. The van der Waals surface area contributed by atoms with E-state index in [1.165, 1.54) is 5.57 Å². The summed E-state index contributed by atoms with van der Waals surface area (Å²) in [7, 11) is 0. The van der Waals surface area contributed by atoms with Gasteiger partial charge in [-0.25, -0.2) is 0 Å². The van der Waals surface area contributed by atoms with Gasteiger partial charge in [0.1, 0.15) is 0 Å². The Balaban J connectivity index is 2.59. The van der Waals surface area contributed by atoms with E-state index in [4.69, 9.17) is 5.26 Å². The fourth-order valence-electron chi connectivity index (χ4n) is 1.83. The molecule has 2 atom stereocenters. The molecule has 1 aliphatic carbocycles. The van der Waals surface area contributed by atoms with E-state index in [2.05, 4.69) is 13.0 Å². The number of hydrogen-bond donors (Lipinski definition) is 1. The average Bonchev–Trinajstić information content (AvgIpc) is 2.05. The van der Waals surface area contributed by atoms with Crippen LogP contribution in [0.1, 0.15) is 39.5 Å². The maximum absolute atomic E-state index is 9.97. The number of nitrogens with zero attached hydrogens (tertiary/aromatic N) is 1. The monoisotopic (exact) mass is 179 g/mol. The van der Waals surface area contributed by atoms with Crippen molar-refractivity contribution in [2.45, 2.75) is 45.1 Å². The van der Waals surface area contributed by atoms with Crippen molar-refractivity contribution in [1.82, 2.24) is 0 Å². The van der Waals surface area contributed by atoms with Gasteiger partial charge in [-0.05, 0) is 39.0 Å². The highest BCUT2D eigenvalue weighted by Gasteiger charge is 2.31. The third-order valence-corrected chi connectivity index (χ3v) is 2.95. The molecule has 0 spiro atoms. The van der Waals surface area contributed by atoms with Crippen LogP contribution < -0.4 is 0 Å². The predicted molar refractivity (Wildman–Crippen MR) is 52.0 cm³/mol. The van der Waals surface area contributed by atoms with Gasteiger partial charge < -0.3 is 5.11 Å². The molecule has 0 radical (unpaired) electrons. The highest BCUT2D eigenvalue weighted by molar-refractivity contribution is 5.06. The number of hydrogen-bond acceptors (Lipinski definition) is 2. The molecule has 2 nitrogen and oxygen atoms in total. The molecule has 0 amide bonds. The van der Waals surface area contributed by atoms with Crippen LogP contribution in [0.15, 0.2) is 11.6 Å². The second kappa shape index (κ2) is 3.93. The molecule has 72 valence electrons. The molecule has 2 heteroatoms. The zero-order chi connectivity index (χ0) is 9.90. The maximum Gasteiger partial charge on any atom is 0.0780 e. The van der Waals surface area contributed by atoms with Gasteiger partial charge in [0.05, 0.1) is 18.1 Å². The Morgan fingerprint density at radius 2 is 2.46 bits per heavy atom. The lowest BCUT2D eigenvalue weighted by molar-refractivity contribution is -0.00104. The summed E-state index contributed by atoms with van der Waals surface area (Å²) in [6, 6.07) is 2.05. The molecule has 0 heterocycles. The van der Waals surface area contributed by atoms with Gasteiger partial charge in [0.2, 0.25) is 0 Å². The summed E-state index contributed by atoms with van der Waals surface area (Å²) in [5.74, 6) is 0.260. The smallest absolute Gasteiger partial charge is 0.0780 e. The Morgan fingerprint density at radius 1 is 1.77 bits per heavy atom. The maximum atomic E-state index is 9.97. The molecule has 0 aromatic carbocycles. The summed E-state index contributed by atoms with van der Waals surface area (Å²) >= 11 is 0. The zero-order valence-corrected chi connectivity index (χ0v) is 8.38. The standard InChI is InChI=1S/C11H17NO/c1-9-3-5-10(6-4-9)11(2,13)7-8-12/h3,10,13H,4-7H2,1-2H3/t10-,11-/m1/s1. The van der Waals surface area contributed by atoms with Crippen LogP contribution in [0, 0.1) is 17.2 Å². The topological polar surface area (TPSA) is 44.0 Å². The van der Waals surface area contributed by atoms with E-state index in [1.54, 1.807) is 6.92 Å². The van der Waals surface area contributed by atoms with Gasteiger partial charge in [0.25, 0.3) is 0 Å². The molecule has 0 saturated carbocycles. The lowest BCUT2D eigenvalue weighted by atomic mass is 9.77. The summed E-state index contributed by atoms with van der Waals surface area (Å²) in [4.78, 5) is 0. The molecule has 0 aromatic rings. The van der Waals surface area contributed by atoms with Gasteiger partial charge in [0.15, 0.2) is 0 Å². The molecular weight excluding hydrogens is 162 g/mol. The minimum atomic E-state index is -0.800. The molecule has 13 heavy (non-hydrogen) atoms. The summed E-state index contributed by atoms with van der Waals surface area (Å²) < 4.78 is 0. The van der Waals surface area contributed by atoms with Crippen LogP contribution in [0.25, 0.3) is 0 Å². The Labute approximate surface area is 79.9 Å². The van der Waals surface area contributed by atoms with Gasteiger partial charge in [-0.15, -0.1) is 0 Å². The van der Waals surface area contributed by atoms with E-state index in [0.29, 0.717) is 0 Å². The highest BCUT2D eigenvalue weighted by atomic mass is 16.3. The summed E-state index contributed by atoms with van der Waals surface area (Å²) in [6.07, 6.45) is 5.41. The molecule has 1 rings (SSSR count). The predicted octanol–water partition coefficient (Wildman–Crippen LogP) is 2.40. The first-order valence-corrected chi connectivity index (χ1v) is 4.81. The van der Waals surface area contributed by atoms with Crippen molar-refractivity contribution in [2.24, 2.45) is 5.92 Å². The van der Waals surface area contributed by atoms with Crippen molar-refractivity contribution in [3.8, 4) is 6.07 Å².